The third-order valence-electron chi connectivity index (χ3n) is 5.62. The van der Waals surface area contributed by atoms with Crippen LogP contribution in [0.2, 0.25) is 0 Å². The molecule has 188 valence electrons. The summed E-state index contributed by atoms with van der Waals surface area (Å²) in [4.78, 5) is 48.7. The molecule has 0 saturated carbocycles. The van der Waals surface area contributed by atoms with Gasteiger partial charge in [0.05, 0.1) is 11.1 Å². The molecule has 37 heavy (non-hydrogen) atoms. The lowest BCUT2D eigenvalue weighted by molar-refractivity contribution is -0.115. The zero-order valence-corrected chi connectivity index (χ0v) is 21.1. The van der Waals surface area contributed by atoms with E-state index in [0.717, 1.165) is 11.1 Å². The van der Waals surface area contributed by atoms with Gasteiger partial charge in [-0.3, -0.25) is 9.59 Å². The Labute approximate surface area is 216 Å². The Balaban J connectivity index is 1.61. The summed E-state index contributed by atoms with van der Waals surface area (Å²) in [5.74, 6) is -0.575. The van der Waals surface area contributed by atoms with Crippen LogP contribution >= 0.6 is 0 Å². The summed E-state index contributed by atoms with van der Waals surface area (Å²) in [5.41, 5.74) is 3.82. The minimum absolute atomic E-state index is 0.0566. The average Bonchev–Trinajstić information content (AvgIpc) is 2.86. The fourth-order valence-electron chi connectivity index (χ4n) is 3.31. The molecule has 0 bridgehead atoms. The zero-order valence-electron chi connectivity index (χ0n) is 21.1. The van der Waals surface area contributed by atoms with Crippen molar-refractivity contribution in [3.05, 3.63) is 119 Å². The van der Waals surface area contributed by atoms with Gasteiger partial charge in [0.15, 0.2) is 11.6 Å². The highest BCUT2D eigenvalue weighted by molar-refractivity contribution is 5.97. The number of Topliss-reactive ketones (excluding diaryl/α,β-unsaturated/α-hetero) is 2. The van der Waals surface area contributed by atoms with Crippen molar-refractivity contribution in [2.24, 2.45) is 0 Å². The van der Waals surface area contributed by atoms with E-state index in [1.807, 2.05) is 0 Å². The van der Waals surface area contributed by atoms with E-state index in [0.29, 0.717) is 39.3 Å². The second-order valence-corrected chi connectivity index (χ2v) is 8.86. The molecule has 3 rings (SSSR count). The van der Waals surface area contributed by atoms with Crippen LogP contribution in [0.4, 0.5) is 0 Å². The highest BCUT2D eigenvalue weighted by Gasteiger charge is 2.14. The number of allylic oxidation sites excluding steroid dienone is 2. The number of aryl methyl sites for hydroxylation is 1. The summed E-state index contributed by atoms with van der Waals surface area (Å²) in [6.45, 7) is 12.3. The van der Waals surface area contributed by atoms with Gasteiger partial charge in [-0.1, -0.05) is 37.4 Å². The first-order chi connectivity index (χ1) is 17.5. The SMILES string of the molecule is C=C(C)C(=O)Cc1ccc(C(=O)Oc2ccc(OC(=O)c3ccc(CC(=O)C(=C)C)cc3)c(C)c2)cc1. The van der Waals surface area contributed by atoms with Gasteiger partial charge in [-0.15, -0.1) is 0 Å². The van der Waals surface area contributed by atoms with Crippen molar-refractivity contribution >= 4 is 23.5 Å². The lowest BCUT2D eigenvalue weighted by Gasteiger charge is -2.10. The van der Waals surface area contributed by atoms with E-state index in [9.17, 15) is 19.2 Å². The molecule has 0 aliphatic rings. The molecule has 0 aromatic heterocycles. The fraction of sp³-hybridized carbons (Fsp3) is 0.161. The molecule has 0 aliphatic carbocycles. The first-order valence-corrected chi connectivity index (χ1v) is 11.6. The van der Waals surface area contributed by atoms with Gasteiger partial charge in [-0.05, 0) is 91.1 Å². The molecular weight excluding hydrogens is 468 g/mol. The Kier molecular flexibility index (Phi) is 8.69. The van der Waals surface area contributed by atoms with Crippen LogP contribution in [0.15, 0.2) is 91.0 Å². The monoisotopic (exact) mass is 496 g/mol. The fourth-order valence-corrected chi connectivity index (χ4v) is 3.31. The van der Waals surface area contributed by atoms with Gasteiger partial charge in [-0.25, -0.2) is 9.59 Å². The van der Waals surface area contributed by atoms with Gasteiger partial charge in [0.25, 0.3) is 0 Å². The van der Waals surface area contributed by atoms with Crippen molar-refractivity contribution < 1.29 is 28.7 Å². The van der Waals surface area contributed by atoms with Gasteiger partial charge in [0.1, 0.15) is 11.5 Å². The molecule has 0 atom stereocenters. The van der Waals surface area contributed by atoms with E-state index in [4.69, 9.17) is 9.47 Å². The second-order valence-electron chi connectivity index (χ2n) is 8.86. The van der Waals surface area contributed by atoms with Crippen molar-refractivity contribution in [3.8, 4) is 11.5 Å². The third-order valence-corrected chi connectivity index (χ3v) is 5.62. The number of ketones is 2. The zero-order chi connectivity index (χ0) is 27.1. The number of carbonyl (C=O) groups excluding carboxylic acids is 4. The Morgan fingerprint density at radius 2 is 1.08 bits per heavy atom. The normalized spacial score (nSPS) is 10.4. The first kappa shape index (κ1) is 27.0. The maximum atomic E-state index is 12.6. The van der Waals surface area contributed by atoms with E-state index >= 15 is 0 Å². The lowest BCUT2D eigenvalue weighted by Crippen LogP contribution is -2.11. The minimum atomic E-state index is -0.549. The molecule has 0 saturated heterocycles. The van der Waals surface area contributed by atoms with Gasteiger partial charge >= 0.3 is 11.9 Å². The molecule has 0 radical (unpaired) electrons. The van der Waals surface area contributed by atoms with Gasteiger partial charge < -0.3 is 9.47 Å². The number of esters is 2. The maximum absolute atomic E-state index is 12.6. The van der Waals surface area contributed by atoms with Crippen molar-refractivity contribution in [1.29, 1.82) is 0 Å². The van der Waals surface area contributed by atoms with E-state index < -0.39 is 11.9 Å². The number of hydrogen-bond donors (Lipinski definition) is 0. The first-order valence-electron chi connectivity index (χ1n) is 11.6. The van der Waals surface area contributed by atoms with Crippen LogP contribution in [0.25, 0.3) is 0 Å². The van der Waals surface area contributed by atoms with Crippen molar-refractivity contribution in [2.75, 3.05) is 0 Å². The van der Waals surface area contributed by atoms with E-state index in [-0.39, 0.29) is 24.4 Å². The molecule has 0 spiro atoms. The van der Waals surface area contributed by atoms with Crippen molar-refractivity contribution in [2.45, 2.75) is 33.6 Å². The molecular formula is C31H28O6. The lowest BCUT2D eigenvalue weighted by atomic mass is 10.0. The maximum Gasteiger partial charge on any atom is 0.343 e. The van der Waals surface area contributed by atoms with Crippen LogP contribution < -0.4 is 9.47 Å². The van der Waals surface area contributed by atoms with Crippen LogP contribution in [0.3, 0.4) is 0 Å². The van der Waals surface area contributed by atoms with Gasteiger partial charge in [-0.2, -0.15) is 0 Å². The Morgan fingerprint density at radius 3 is 1.49 bits per heavy atom. The molecule has 6 heteroatoms. The molecule has 0 fully saturated rings. The van der Waals surface area contributed by atoms with Crippen LogP contribution in [0.1, 0.15) is 51.3 Å². The van der Waals surface area contributed by atoms with E-state index in [1.165, 1.54) is 0 Å². The topological polar surface area (TPSA) is 86.7 Å². The molecule has 0 heterocycles. The average molecular weight is 497 g/mol. The molecule has 0 amide bonds. The Morgan fingerprint density at radius 1 is 0.649 bits per heavy atom. The highest BCUT2D eigenvalue weighted by atomic mass is 16.5. The molecule has 3 aromatic carbocycles. The Bertz CT molecular complexity index is 1380. The van der Waals surface area contributed by atoms with Crippen LogP contribution in [0, 0.1) is 6.92 Å². The van der Waals surface area contributed by atoms with Crippen LogP contribution in [-0.2, 0) is 22.4 Å². The predicted molar refractivity (Wildman–Crippen MR) is 141 cm³/mol. The molecule has 0 unspecified atom stereocenters. The number of carbonyl (C=O) groups is 4. The largest absolute Gasteiger partial charge is 0.423 e. The summed E-state index contributed by atoms with van der Waals surface area (Å²) in [5, 5.41) is 0. The molecule has 0 N–H and O–H groups in total. The third kappa shape index (κ3) is 7.45. The quantitative estimate of drug-likeness (QED) is 0.200. The number of hydrogen-bond acceptors (Lipinski definition) is 6. The van der Waals surface area contributed by atoms with Gasteiger partial charge in [0.2, 0.25) is 0 Å². The minimum Gasteiger partial charge on any atom is -0.423 e. The number of benzene rings is 3. The molecule has 6 nitrogen and oxygen atoms in total. The smallest absolute Gasteiger partial charge is 0.343 e. The standard InChI is InChI=1S/C31H28O6/c1-19(2)27(32)17-22-6-10-24(11-7-22)30(34)36-26-14-15-29(21(5)16-26)37-31(35)25-12-8-23(9-13-25)18-28(33)20(3)4/h6-16H,1,3,17-18H2,2,4-5H3. The number of ether oxygens (including phenoxy) is 2. The van der Waals surface area contributed by atoms with Crippen molar-refractivity contribution in [3.63, 3.8) is 0 Å². The summed E-state index contributed by atoms with van der Waals surface area (Å²) >= 11 is 0. The summed E-state index contributed by atoms with van der Waals surface area (Å²) in [6.07, 6.45) is 0.450. The van der Waals surface area contributed by atoms with E-state index in [1.54, 1.807) is 87.5 Å². The van der Waals surface area contributed by atoms with Crippen LogP contribution in [-0.4, -0.2) is 23.5 Å². The summed E-state index contributed by atoms with van der Waals surface area (Å²) in [6, 6.07) is 17.9. The van der Waals surface area contributed by atoms with E-state index in [2.05, 4.69) is 13.2 Å². The summed E-state index contributed by atoms with van der Waals surface area (Å²) in [7, 11) is 0. The molecule has 0 aliphatic heterocycles. The Hall–Kier alpha value is -4.58. The predicted octanol–water partition coefficient (Wildman–Crippen LogP) is 5.81. The number of rotatable bonds is 10. The van der Waals surface area contributed by atoms with Gasteiger partial charge in [0, 0.05) is 12.8 Å². The second kappa shape index (κ2) is 11.9. The highest BCUT2D eigenvalue weighted by Crippen LogP contribution is 2.25. The van der Waals surface area contributed by atoms with Crippen LogP contribution in [0.5, 0.6) is 11.5 Å². The molecule has 3 aromatic rings. The van der Waals surface area contributed by atoms with Crippen molar-refractivity contribution in [1.82, 2.24) is 0 Å². The summed E-state index contributed by atoms with van der Waals surface area (Å²) < 4.78 is 11.0.